The lowest BCUT2D eigenvalue weighted by Crippen LogP contribution is -2.40. The van der Waals surface area contributed by atoms with Crippen molar-refractivity contribution in [3.63, 3.8) is 0 Å². The molecule has 5 heteroatoms. The standard InChI is InChI=1S/C16H23N3O2/c1-3-15(20)18-13-5-4-6-14(10-13)19-16(21)12-7-8-17-11(2)9-12/h4-6,10-12,17H,3,7-9H2,1-2H3,(H,18,20)(H,19,21). The molecule has 0 radical (unpaired) electrons. The van der Waals surface area contributed by atoms with Crippen LogP contribution < -0.4 is 16.0 Å². The summed E-state index contributed by atoms with van der Waals surface area (Å²) in [5, 5.41) is 9.08. The first-order valence-corrected chi connectivity index (χ1v) is 7.52. The molecule has 1 saturated heterocycles. The number of carbonyl (C=O) groups excluding carboxylic acids is 2. The summed E-state index contributed by atoms with van der Waals surface area (Å²) < 4.78 is 0. The van der Waals surface area contributed by atoms with Crippen LogP contribution in [0.3, 0.4) is 0 Å². The van der Waals surface area contributed by atoms with Crippen LogP contribution in [0.2, 0.25) is 0 Å². The molecule has 114 valence electrons. The molecule has 21 heavy (non-hydrogen) atoms. The summed E-state index contributed by atoms with van der Waals surface area (Å²) in [6, 6.07) is 7.64. The highest BCUT2D eigenvalue weighted by Gasteiger charge is 2.24. The van der Waals surface area contributed by atoms with Gasteiger partial charge < -0.3 is 16.0 Å². The molecule has 5 nitrogen and oxygen atoms in total. The van der Waals surface area contributed by atoms with Gasteiger partial charge in [0.15, 0.2) is 0 Å². The number of amides is 2. The lowest BCUT2D eigenvalue weighted by Gasteiger charge is -2.27. The maximum Gasteiger partial charge on any atom is 0.227 e. The number of hydrogen-bond donors (Lipinski definition) is 3. The molecule has 0 bridgehead atoms. The van der Waals surface area contributed by atoms with E-state index in [4.69, 9.17) is 0 Å². The van der Waals surface area contributed by atoms with Crippen LogP contribution in [0.4, 0.5) is 11.4 Å². The van der Waals surface area contributed by atoms with E-state index in [1.54, 1.807) is 13.0 Å². The van der Waals surface area contributed by atoms with E-state index < -0.39 is 0 Å². The third-order valence-electron chi connectivity index (χ3n) is 3.73. The van der Waals surface area contributed by atoms with E-state index in [0.717, 1.165) is 25.1 Å². The molecule has 1 fully saturated rings. The molecule has 1 aromatic carbocycles. The summed E-state index contributed by atoms with van der Waals surface area (Å²) in [6.45, 7) is 4.78. The lowest BCUT2D eigenvalue weighted by molar-refractivity contribution is -0.121. The van der Waals surface area contributed by atoms with Gasteiger partial charge in [-0.2, -0.15) is 0 Å². The van der Waals surface area contributed by atoms with Gasteiger partial charge in [-0.1, -0.05) is 13.0 Å². The van der Waals surface area contributed by atoms with Crippen LogP contribution >= 0.6 is 0 Å². The van der Waals surface area contributed by atoms with Gasteiger partial charge in [0.1, 0.15) is 0 Å². The Labute approximate surface area is 125 Å². The largest absolute Gasteiger partial charge is 0.326 e. The van der Waals surface area contributed by atoms with Crippen molar-refractivity contribution in [2.75, 3.05) is 17.2 Å². The zero-order valence-corrected chi connectivity index (χ0v) is 12.6. The lowest BCUT2D eigenvalue weighted by atomic mass is 9.92. The zero-order valence-electron chi connectivity index (χ0n) is 12.6. The fourth-order valence-electron chi connectivity index (χ4n) is 2.54. The van der Waals surface area contributed by atoms with E-state index in [1.807, 2.05) is 18.2 Å². The monoisotopic (exact) mass is 289 g/mol. The van der Waals surface area contributed by atoms with E-state index in [0.29, 0.717) is 18.2 Å². The first-order chi connectivity index (χ1) is 10.1. The fourth-order valence-corrected chi connectivity index (χ4v) is 2.54. The number of benzene rings is 1. The molecular formula is C16H23N3O2. The van der Waals surface area contributed by atoms with E-state index >= 15 is 0 Å². The summed E-state index contributed by atoms with van der Waals surface area (Å²) in [6.07, 6.45) is 2.16. The van der Waals surface area contributed by atoms with Crippen molar-refractivity contribution in [2.45, 2.75) is 39.2 Å². The van der Waals surface area contributed by atoms with Gasteiger partial charge in [0.25, 0.3) is 0 Å². The van der Waals surface area contributed by atoms with Crippen molar-refractivity contribution in [2.24, 2.45) is 5.92 Å². The third kappa shape index (κ3) is 4.56. The maximum absolute atomic E-state index is 12.3. The van der Waals surface area contributed by atoms with Crippen LogP contribution in [0.15, 0.2) is 24.3 Å². The fraction of sp³-hybridized carbons (Fsp3) is 0.500. The predicted octanol–water partition coefficient (Wildman–Crippen LogP) is 2.36. The Kier molecular flexibility index (Phi) is 5.33. The zero-order chi connectivity index (χ0) is 15.2. The van der Waals surface area contributed by atoms with Gasteiger partial charge in [0, 0.05) is 29.8 Å². The Hall–Kier alpha value is -1.88. The summed E-state index contributed by atoms with van der Waals surface area (Å²) in [5.41, 5.74) is 1.43. The Morgan fingerprint density at radius 2 is 2.00 bits per heavy atom. The number of anilines is 2. The van der Waals surface area contributed by atoms with Gasteiger partial charge in [-0.25, -0.2) is 0 Å². The minimum atomic E-state index is -0.0364. The van der Waals surface area contributed by atoms with E-state index in [9.17, 15) is 9.59 Å². The normalized spacial score (nSPS) is 21.6. The van der Waals surface area contributed by atoms with Crippen LogP contribution in [-0.4, -0.2) is 24.4 Å². The topological polar surface area (TPSA) is 70.2 Å². The van der Waals surface area contributed by atoms with Crippen LogP contribution in [0.5, 0.6) is 0 Å². The molecule has 2 unspecified atom stereocenters. The Bertz CT molecular complexity index is 516. The molecule has 1 aromatic rings. The quantitative estimate of drug-likeness (QED) is 0.797. The van der Waals surface area contributed by atoms with Crippen LogP contribution in [0, 0.1) is 5.92 Å². The summed E-state index contributed by atoms with van der Waals surface area (Å²) in [4.78, 5) is 23.7. The first-order valence-electron chi connectivity index (χ1n) is 7.52. The Morgan fingerprint density at radius 3 is 2.67 bits per heavy atom. The Balaban J connectivity index is 1.97. The number of rotatable bonds is 4. The first kappa shape index (κ1) is 15.5. The van der Waals surface area contributed by atoms with Gasteiger partial charge in [0.05, 0.1) is 0 Å². The molecule has 2 atom stereocenters. The van der Waals surface area contributed by atoms with Gasteiger partial charge in [0.2, 0.25) is 11.8 Å². The van der Waals surface area contributed by atoms with Gasteiger partial charge >= 0.3 is 0 Å². The highest BCUT2D eigenvalue weighted by atomic mass is 16.2. The smallest absolute Gasteiger partial charge is 0.227 e. The molecular weight excluding hydrogens is 266 g/mol. The van der Waals surface area contributed by atoms with Gasteiger partial charge in [-0.3, -0.25) is 9.59 Å². The van der Waals surface area contributed by atoms with Crippen LogP contribution in [0.25, 0.3) is 0 Å². The summed E-state index contributed by atoms with van der Waals surface area (Å²) >= 11 is 0. The number of piperidine rings is 1. The number of nitrogens with one attached hydrogen (secondary N) is 3. The van der Waals surface area contributed by atoms with Gasteiger partial charge in [-0.15, -0.1) is 0 Å². The van der Waals surface area contributed by atoms with Crippen molar-refractivity contribution in [3.8, 4) is 0 Å². The molecule has 0 spiro atoms. The maximum atomic E-state index is 12.3. The highest BCUT2D eigenvalue weighted by Crippen LogP contribution is 2.20. The highest BCUT2D eigenvalue weighted by molar-refractivity contribution is 5.95. The summed E-state index contributed by atoms with van der Waals surface area (Å²) in [7, 11) is 0. The van der Waals surface area contributed by atoms with Crippen molar-refractivity contribution in [1.82, 2.24) is 5.32 Å². The van der Waals surface area contributed by atoms with Crippen molar-refractivity contribution < 1.29 is 9.59 Å². The minimum Gasteiger partial charge on any atom is -0.326 e. The predicted molar refractivity (Wildman–Crippen MR) is 84.2 cm³/mol. The van der Waals surface area contributed by atoms with Crippen molar-refractivity contribution >= 4 is 23.2 Å². The third-order valence-corrected chi connectivity index (χ3v) is 3.73. The second kappa shape index (κ2) is 7.22. The average Bonchev–Trinajstić information content (AvgIpc) is 2.47. The second-order valence-corrected chi connectivity index (χ2v) is 5.55. The molecule has 0 saturated carbocycles. The van der Waals surface area contributed by atoms with Crippen LogP contribution in [-0.2, 0) is 9.59 Å². The molecule has 2 rings (SSSR count). The molecule has 2 amide bonds. The van der Waals surface area contributed by atoms with E-state index in [-0.39, 0.29) is 17.7 Å². The number of hydrogen-bond acceptors (Lipinski definition) is 3. The summed E-state index contributed by atoms with van der Waals surface area (Å²) in [5.74, 6) is 0.0723. The minimum absolute atomic E-state index is 0.0364. The van der Waals surface area contributed by atoms with Crippen molar-refractivity contribution in [1.29, 1.82) is 0 Å². The number of carbonyl (C=O) groups is 2. The molecule has 1 aliphatic heterocycles. The SMILES string of the molecule is CCC(=O)Nc1cccc(NC(=O)C2CCNC(C)C2)c1. The van der Waals surface area contributed by atoms with E-state index in [1.165, 1.54) is 0 Å². The second-order valence-electron chi connectivity index (χ2n) is 5.55. The van der Waals surface area contributed by atoms with E-state index in [2.05, 4.69) is 22.9 Å². The average molecular weight is 289 g/mol. The van der Waals surface area contributed by atoms with Gasteiger partial charge in [-0.05, 0) is 44.5 Å². The molecule has 1 heterocycles. The molecule has 0 aliphatic carbocycles. The van der Waals surface area contributed by atoms with Crippen molar-refractivity contribution in [3.05, 3.63) is 24.3 Å². The Morgan fingerprint density at radius 1 is 1.29 bits per heavy atom. The molecule has 3 N–H and O–H groups in total. The molecule has 0 aromatic heterocycles. The molecule has 1 aliphatic rings. The van der Waals surface area contributed by atoms with Crippen LogP contribution in [0.1, 0.15) is 33.1 Å².